The second-order valence-electron chi connectivity index (χ2n) is 4.33. The van der Waals surface area contributed by atoms with Crippen molar-refractivity contribution >= 4 is 11.6 Å². The second kappa shape index (κ2) is 5.51. The van der Waals surface area contributed by atoms with Crippen LogP contribution in [0.5, 0.6) is 0 Å². The Labute approximate surface area is 113 Å². The molecule has 1 amide bonds. The summed E-state index contributed by atoms with van der Waals surface area (Å²) in [5.74, 6) is 0.437. The summed E-state index contributed by atoms with van der Waals surface area (Å²) >= 11 is 0. The molecule has 9 nitrogen and oxygen atoms in total. The van der Waals surface area contributed by atoms with E-state index < -0.39 is 4.92 Å². The smallest absolute Gasteiger partial charge is 0.307 e. The lowest BCUT2D eigenvalue weighted by Crippen LogP contribution is -2.30. The maximum atomic E-state index is 11.9. The first-order chi connectivity index (χ1) is 9.45. The average Bonchev–Trinajstić information content (AvgIpc) is 2.98. The molecular weight excluding hydrogens is 266 g/mol. The van der Waals surface area contributed by atoms with Crippen LogP contribution in [-0.2, 0) is 17.9 Å². The molecule has 20 heavy (non-hydrogen) atoms. The Kier molecular flexibility index (Phi) is 3.78. The van der Waals surface area contributed by atoms with Gasteiger partial charge in [-0.3, -0.25) is 19.6 Å². The molecule has 9 heteroatoms. The van der Waals surface area contributed by atoms with Crippen molar-refractivity contribution in [3.63, 3.8) is 0 Å². The highest BCUT2D eigenvalue weighted by molar-refractivity contribution is 5.75. The van der Waals surface area contributed by atoms with Gasteiger partial charge in [-0.15, -0.1) is 0 Å². The number of aromatic nitrogens is 3. The maximum absolute atomic E-state index is 11.9. The summed E-state index contributed by atoms with van der Waals surface area (Å²) in [7, 11) is 1.62. The number of nitrogens with zero attached hydrogens (tertiary/aromatic N) is 5. The van der Waals surface area contributed by atoms with Gasteiger partial charge in [0.2, 0.25) is 5.91 Å². The van der Waals surface area contributed by atoms with E-state index in [-0.39, 0.29) is 18.1 Å². The molecule has 0 radical (unpaired) electrons. The number of hydrogen-bond donors (Lipinski definition) is 0. The third-order valence-corrected chi connectivity index (χ3v) is 2.63. The van der Waals surface area contributed by atoms with E-state index in [9.17, 15) is 14.9 Å². The van der Waals surface area contributed by atoms with Crippen LogP contribution in [0.15, 0.2) is 23.0 Å². The van der Waals surface area contributed by atoms with Crippen LogP contribution in [-0.4, -0.2) is 37.7 Å². The van der Waals surface area contributed by atoms with Gasteiger partial charge in [0.05, 0.1) is 11.5 Å². The van der Waals surface area contributed by atoms with Gasteiger partial charge in [-0.25, -0.2) is 0 Å². The molecule has 0 saturated heterocycles. The van der Waals surface area contributed by atoms with Gasteiger partial charge >= 0.3 is 5.69 Å². The number of amides is 1. The molecular formula is C11H13N5O4. The fourth-order valence-electron chi connectivity index (χ4n) is 1.62. The first-order valence-electron chi connectivity index (χ1n) is 5.78. The highest BCUT2D eigenvalue weighted by Crippen LogP contribution is 2.09. The van der Waals surface area contributed by atoms with E-state index >= 15 is 0 Å². The molecule has 0 aliphatic heterocycles. The van der Waals surface area contributed by atoms with Crippen LogP contribution >= 0.6 is 0 Å². The van der Waals surface area contributed by atoms with Crippen LogP contribution in [0.25, 0.3) is 0 Å². The Balaban J connectivity index is 1.94. The van der Waals surface area contributed by atoms with Crippen molar-refractivity contribution in [2.24, 2.45) is 0 Å². The number of nitro groups is 1. The number of carbonyl (C=O) groups is 1. The fourth-order valence-corrected chi connectivity index (χ4v) is 1.62. The largest absolute Gasteiger partial charge is 0.361 e. The van der Waals surface area contributed by atoms with E-state index in [0.717, 1.165) is 6.20 Å². The molecule has 0 saturated carbocycles. The normalized spacial score (nSPS) is 10.5. The molecule has 0 unspecified atom stereocenters. The van der Waals surface area contributed by atoms with Crippen molar-refractivity contribution < 1.29 is 14.2 Å². The van der Waals surface area contributed by atoms with Crippen LogP contribution in [0.2, 0.25) is 0 Å². The van der Waals surface area contributed by atoms with E-state index in [1.54, 1.807) is 20.0 Å². The Morgan fingerprint density at radius 1 is 1.60 bits per heavy atom. The summed E-state index contributed by atoms with van der Waals surface area (Å²) in [6.07, 6.45) is 2.32. The molecule has 2 heterocycles. The lowest BCUT2D eigenvalue weighted by atomic mass is 10.3. The summed E-state index contributed by atoms with van der Waals surface area (Å²) in [6.45, 7) is 2.00. The van der Waals surface area contributed by atoms with Gasteiger partial charge in [0, 0.05) is 13.1 Å². The molecule has 106 valence electrons. The minimum atomic E-state index is -0.560. The lowest BCUT2D eigenvalue weighted by Gasteiger charge is -2.15. The third-order valence-electron chi connectivity index (χ3n) is 2.63. The monoisotopic (exact) mass is 279 g/mol. The topological polar surface area (TPSA) is 107 Å². The molecule has 2 rings (SSSR count). The zero-order chi connectivity index (χ0) is 14.7. The molecule has 2 aromatic rings. The summed E-state index contributed by atoms with van der Waals surface area (Å²) < 4.78 is 6.14. The van der Waals surface area contributed by atoms with Crippen molar-refractivity contribution in [1.29, 1.82) is 0 Å². The third kappa shape index (κ3) is 3.19. The fraction of sp³-hybridized carbons (Fsp3) is 0.364. The minimum absolute atomic E-state index is 0.0683. The number of likely N-dealkylation sites (N-methyl/N-ethyl adjacent to an activating group) is 1. The van der Waals surface area contributed by atoms with Crippen molar-refractivity contribution in [3.05, 3.63) is 40.0 Å². The number of hydrogen-bond acceptors (Lipinski definition) is 6. The quantitative estimate of drug-likeness (QED) is 0.590. The first kappa shape index (κ1) is 13.7. The zero-order valence-electron chi connectivity index (χ0n) is 11.0. The van der Waals surface area contributed by atoms with E-state index in [1.807, 2.05) is 0 Å². The highest BCUT2D eigenvalue weighted by Gasteiger charge is 2.15. The summed E-state index contributed by atoms with van der Waals surface area (Å²) in [5, 5.41) is 18.1. The maximum Gasteiger partial charge on any atom is 0.307 e. The molecule has 0 aromatic carbocycles. The van der Waals surface area contributed by atoms with Crippen molar-refractivity contribution in [1.82, 2.24) is 19.8 Å². The average molecular weight is 279 g/mol. The summed E-state index contributed by atoms with van der Waals surface area (Å²) in [4.78, 5) is 23.3. The molecule has 0 fully saturated rings. The van der Waals surface area contributed by atoms with Crippen LogP contribution in [0, 0.1) is 17.0 Å². The molecule has 2 aromatic heterocycles. The summed E-state index contributed by atoms with van der Waals surface area (Å²) in [5.41, 5.74) is 0.498. The van der Waals surface area contributed by atoms with E-state index in [2.05, 4.69) is 10.3 Å². The second-order valence-corrected chi connectivity index (χ2v) is 4.33. The Hall–Kier alpha value is -2.71. The van der Waals surface area contributed by atoms with E-state index in [1.165, 1.54) is 15.8 Å². The lowest BCUT2D eigenvalue weighted by molar-refractivity contribution is -0.385. The number of rotatable bonds is 5. The molecule has 0 spiro atoms. The Morgan fingerprint density at radius 2 is 2.35 bits per heavy atom. The van der Waals surface area contributed by atoms with Gasteiger partial charge in [-0.1, -0.05) is 5.16 Å². The van der Waals surface area contributed by atoms with Crippen molar-refractivity contribution in [3.8, 4) is 0 Å². The SMILES string of the molecule is Cc1cc(CN(C)C(=O)Cn2cc([N+](=O)[O-])cn2)no1. The van der Waals surface area contributed by atoms with Crippen molar-refractivity contribution in [2.45, 2.75) is 20.0 Å². The van der Waals surface area contributed by atoms with Crippen LogP contribution in [0.3, 0.4) is 0 Å². The van der Waals surface area contributed by atoms with Gasteiger partial charge in [-0.2, -0.15) is 5.10 Å². The van der Waals surface area contributed by atoms with E-state index in [4.69, 9.17) is 4.52 Å². The minimum Gasteiger partial charge on any atom is -0.361 e. The molecule has 0 atom stereocenters. The van der Waals surface area contributed by atoms with Gasteiger partial charge in [0.1, 0.15) is 30.4 Å². The van der Waals surface area contributed by atoms with Gasteiger partial charge in [0.25, 0.3) is 0 Å². The molecule has 0 bridgehead atoms. The van der Waals surface area contributed by atoms with Crippen LogP contribution in [0.1, 0.15) is 11.5 Å². The Morgan fingerprint density at radius 3 is 2.90 bits per heavy atom. The van der Waals surface area contributed by atoms with Crippen LogP contribution in [0.4, 0.5) is 5.69 Å². The predicted octanol–water partition coefficient (Wildman–Crippen LogP) is 0.746. The standard InChI is InChI=1S/C11H13N5O4/c1-8-3-9(13-20-8)5-14(2)11(17)7-15-6-10(4-12-15)16(18)19/h3-4,6H,5,7H2,1-2H3. The van der Waals surface area contributed by atoms with Gasteiger partial charge in [-0.05, 0) is 6.92 Å². The van der Waals surface area contributed by atoms with Gasteiger partial charge < -0.3 is 9.42 Å². The highest BCUT2D eigenvalue weighted by atomic mass is 16.6. The van der Waals surface area contributed by atoms with Gasteiger partial charge in [0.15, 0.2) is 0 Å². The van der Waals surface area contributed by atoms with Crippen molar-refractivity contribution in [2.75, 3.05) is 7.05 Å². The summed E-state index contributed by atoms with van der Waals surface area (Å²) in [6, 6.07) is 1.74. The molecule has 0 aliphatic rings. The zero-order valence-corrected chi connectivity index (χ0v) is 11.0. The molecule has 0 N–H and O–H groups in total. The number of carbonyl (C=O) groups excluding carboxylic acids is 1. The predicted molar refractivity (Wildman–Crippen MR) is 66.6 cm³/mol. The Bertz CT molecular complexity index is 632. The first-order valence-corrected chi connectivity index (χ1v) is 5.78. The number of aryl methyl sites for hydroxylation is 1. The molecule has 0 aliphatic carbocycles. The van der Waals surface area contributed by atoms with Crippen LogP contribution < -0.4 is 0 Å². The van der Waals surface area contributed by atoms with E-state index in [0.29, 0.717) is 18.0 Å².